The number of aromatic amines is 1. The van der Waals surface area contributed by atoms with Gasteiger partial charge < -0.3 is 10.3 Å². The van der Waals surface area contributed by atoms with Crippen LogP contribution in [0.25, 0.3) is 11.0 Å². The van der Waals surface area contributed by atoms with Crippen molar-refractivity contribution in [3.05, 3.63) is 60.2 Å². The van der Waals surface area contributed by atoms with Gasteiger partial charge in [0, 0.05) is 30.3 Å². The normalized spacial score (nSPS) is 20.2. The standard InChI is InChI=1S/C21H24N4O/c26-20(13-12-16-5-3-4-14-22-16)23-17-10-8-15(9-11-17)21-24-18-6-1-2-7-19(18)25-21/h1-7,14-15,17H,8-13H2,(H,23,26)(H,24,25). The third-order valence-corrected chi connectivity index (χ3v) is 5.22. The Labute approximate surface area is 153 Å². The Morgan fingerprint density at radius 3 is 2.65 bits per heavy atom. The van der Waals surface area contributed by atoms with E-state index in [0.717, 1.165) is 48.2 Å². The maximum absolute atomic E-state index is 12.2. The van der Waals surface area contributed by atoms with E-state index in [1.807, 2.05) is 36.4 Å². The van der Waals surface area contributed by atoms with Crippen molar-refractivity contribution < 1.29 is 4.79 Å². The average molecular weight is 348 g/mol. The molecule has 5 heteroatoms. The first-order valence-electron chi connectivity index (χ1n) is 9.42. The lowest BCUT2D eigenvalue weighted by Crippen LogP contribution is -2.37. The highest BCUT2D eigenvalue weighted by Gasteiger charge is 2.25. The van der Waals surface area contributed by atoms with Crippen LogP contribution >= 0.6 is 0 Å². The number of amides is 1. The van der Waals surface area contributed by atoms with Crippen molar-refractivity contribution in [2.24, 2.45) is 0 Å². The summed E-state index contributed by atoms with van der Waals surface area (Å²) in [4.78, 5) is 24.7. The second-order valence-electron chi connectivity index (χ2n) is 7.08. The molecule has 0 spiro atoms. The number of benzene rings is 1. The molecule has 5 nitrogen and oxygen atoms in total. The van der Waals surface area contributed by atoms with Crippen LogP contribution in [0.2, 0.25) is 0 Å². The minimum Gasteiger partial charge on any atom is -0.353 e. The molecule has 2 heterocycles. The first kappa shape index (κ1) is 16.8. The van der Waals surface area contributed by atoms with E-state index in [2.05, 4.69) is 21.4 Å². The number of carbonyl (C=O) groups is 1. The van der Waals surface area contributed by atoms with E-state index < -0.39 is 0 Å². The molecule has 26 heavy (non-hydrogen) atoms. The first-order chi connectivity index (χ1) is 12.8. The van der Waals surface area contributed by atoms with Crippen molar-refractivity contribution in [3.63, 3.8) is 0 Å². The number of pyridine rings is 1. The lowest BCUT2D eigenvalue weighted by molar-refractivity contribution is -0.122. The highest BCUT2D eigenvalue weighted by molar-refractivity contribution is 5.76. The Morgan fingerprint density at radius 1 is 1.08 bits per heavy atom. The summed E-state index contributed by atoms with van der Waals surface area (Å²) in [6, 6.07) is 14.3. The van der Waals surface area contributed by atoms with Crippen molar-refractivity contribution in [1.29, 1.82) is 0 Å². The summed E-state index contributed by atoms with van der Waals surface area (Å²) in [6.45, 7) is 0. The van der Waals surface area contributed by atoms with E-state index in [1.54, 1.807) is 6.20 Å². The van der Waals surface area contributed by atoms with Gasteiger partial charge in [0.25, 0.3) is 0 Å². The van der Waals surface area contributed by atoms with Crippen LogP contribution in [0.5, 0.6) is 0 Å². The number of aromatic nitrogens is 3. The van der Waals surface area contributed by atoms with Gasteiger partial charge in [0.05, 0.1) is 11.0 Å². The number of imidazole rings is 1. The van der Waals surface area contributed by atoms with Gasteiger partial charge in [-0.2, -0.15) is 0 Å². The third-order valence-electron chi connectivity index (χ3n) is 5.22. The molecule has 0 bridgehead atoms. The van der Waals surface area contributed by atoms with E-state index in [9.17, 15) is 4.79 Å². The van der Waals surface area contributed by atoms with Gasteiger partial charge in [-0.25, -0.2) is 4.98 Å². The lowest BCUT2D eigenvalue weighted by atomic mass is 9.85. The van der Waals surface area contributed by atoms with Gasteiger partial charge in [-0.3, -0.25) is 9.78 Å². The van der Waals surface area contributed by atoms with Crippen LogP contribution in [0.15, 0.2) is 48.7 Å². The maximum atomic E-state index is 12.2. The molecular weight excluding hydrogens is 324 g/mol. The van der Waals surface area contributed by atoms with Gasteiger partial charge in [-0.1, -0.05) is 18.2 Å². The van der Waals surface area contributed by atoms with Gasteiger partial charge in [0.2, 0.25) is 5.91 Å². The number of nitrogens with one attached hydrogen (secondary N) is 2. The van der Waals surface area contributed by atoms with Crippen molar-refractivity contribution in [2.75, 3.05) is 0 Å². The monoisotopic (exact) mass is 348 g/mol. The van der Waals surface area contributed by atoms with Crippen molar-refractivity contribution >= 4 is 16.9 Å². The van der Waals surface area contributed by atoms with Gasteiger partial charge >= 0.3 is 0 Å². The number of hydrogen-bond acceptors (Lipinski definition) is 3. The van der Waals surface area contributed by atoms with Crippen LogP contribution in [-0.2, 0) is 11.2 Å². The lowest BCUT2D eigenvalue weighted by Gasteiger charge is -2.28. The van der Waals surface area contributed by atoms with Crippen molar-refractivity contribution in [1.82, 2.24) is 20.3 Å². The molecule has 1 amide bonds. The summed E-state index contributed by atoms with van der Waals surface area (Å²) < 4.78 is 0. The van der Waals surface area contributed by atoms with Gasteiger partial charge in [-0.15, -0.1) is 0 Å². The molecule has 0 aliphatic heterocycles. The largest absolute Gasteiger partial charge is 0.353 e. The predicted molar refractivity (Wildman–Crippen MR) is 102 cm³/mol. The van der Waals surface area contributed by atoms with Gasteiger partial charge in [0.1, 0.15) is 5.82 Å². The molecule has 0 saturated heterocycles. The molecule has 1 aliphatic carbocycles. The molecule has 0 atom stereocenters. The minimum absolute atomic E-state index is 0.128. The fraction of sp³-hybridized carbons (Fsp3) is 0.381. The van der Waals surface area contributed by atoms with E-state index in [-0.39, 0.29) is 11.9 Å². The Balaban J connectivity index is 1.26. The van der Waals surface area contributed by atoms with E-state index in [0.29, 0.717) is 18.8 Å². The van der Waals surface area contributed by atoms with E-state index in [4.69, 9.17) is 4.98 Å². The van der Waals surface area contributed by atoms with Crippen LogP contribution in [0, 0.1) is 0 Å². The molecule has 2 N–H and O–H groups in total. The zero-order chi connectivity index (χ0) is 17.8. The summed E-state index contributed by atoms with van der Waals surface area (Å²) in [5.74, 6) is 1.68. The number of para-hydroxylation sites is 2. The highest BCUT2D eigenvalue weighted by Crippen LogP contribution is 2.32. The Bertz CT molecular complexity index is 833. The number of aryl methyl sites for hydroxylation is 1. The van der Waals surface area contributed by atoms with Crippen LogP contribution in [0.1, 0.15) is 49.5 Å². The van der Waals surface area contributed by atoms with Crippen LogP contribution < -0.4 is 5.32 Å². The maximum Gasteiger partial charge on any atom is 0.220 e. The number of nitrogens with zero attached hydrogens (tertiary/aromatic N) is 2. The average Bonchev–Trinajstić information content (AvgIpc) is 3.12. The SMILES string of the molecule is O=C(CCc1ccccn1)NC1CCC(c2nc3ccccc3[nH]2)CC1. The van der Waals surface area contributed by atoms with Crippen LogP contribution in [0.4, 0.5) is 0 Å². The smallest absolute Gasteiger partial charge is 0.220 e. The van der Waals surface area contributed by atoms with E-state index >= 15 is 0 Å². The Hall–Kier alpha value is -2.69. The number of rotatable bonds is 5. The third kappa shape index (κ3) is 3.93. The molecule has 1 aliphatic rings. The summed E-state index contributed by atoms with van der Waals surface area (Å²) in [5.41, 5.74) is 3.11. The number of carbonyl (C=O) groups excluding carboxylic acids is 1. The summed E-state index contributed by atoms with van der Waals surface area (Å²) in [5, 5.41) is 3.19. The minimum atomic E-state index is 0.128. The molecule has 3 aromatic rings. The molecule has 0 radical (unpaired) electrons. The molecule has 2 aromatic heterocycles. The summed E-state index contributed by atoms with van der Waals surface area (Å²) in [7, 11) is 0. The van der Waals surface area contributed by atoms with Crippen molar-refractivity contribution in [2.45, 2.75) is 50.5 Å². The molecule has 1 saturated carbocycles. The fourth-order valence-corrected chi connectivity index (χ4v) is 3.76. The summed E-state index contributed by atoms with van der Waals surface area (Å²) in [6.07, 6.45) is 7.11. The Morgan fingerprint density at radius 2 is 1.88 bits per heavy atom. The number of fused-ring (bicyclic) bond motifs is 1. The zero-order valence-corrected chi connectivity index (χ0v) is 14.8. The highest BCUT2D eigenvalue weighted by atomic mass is 16.1. The summed E-state index contributed by atoms with van der Waals surface area (Å²) >= 11 is 0. The second-order valence-corrected chi connectivity index (χ2v) is 7.08. The molecule has 4 rings (SSSR count). The number of H-pyrrole nitrogens is 1. The molecule has 1 aromatic carbocycles. The van der Waals surface area contributed by atoms with Gasteiger partial charge in [-0.05, 0) is 56.4 Å². The molecule has 0 unspecified atom stereocenters. The molecule has 134 valence electrons. The topological polar surface area (TPSA) is 70.7 Å². The van der Waals surface area contributed by atoms with E-state index in [1.165, 1.54) is 0 Å². The second kappa shape index (κ2) is 7.68. The quantitative estimate of drug-likeness (QED) is 0.738. The Kier molecular flexibility index (Phi) is 4.95. The van der Waals surface area contributed by atoms with Crippen LogP contribution in [-0.4, -0.2) is 26.9 Å². The van der Waals surface area contributed by atoms with Crippen molar-refractivity contribution in [3.8, 4) is 0 Å². The molecule has 1 fully saturated rings. The van der Waals surface area contributed by atoms with Gasteiger partial charge in [0.15, 0.2) is 0 Å². The number of hydrogen-bond donors (Lipinski definition) is 2. The first-order valence-corrected chi connectivity index (χ1v) is 9.42. The molecular formula is C21H24N4O. The zero-order valence-electron chi connectivity index (χ0n) is 14.8. The fourth-order valence-electron chi connectivity index (χ4n) is 3.76. The predicted octanol–water partition coefficient (Wildman–Crippen LogP) is 3.73. The van der Waals surface area contributed by atoms with Crippen LogP contribution in [0.3, 0.4) is 0 Å².